The number of halogens is 1. The van der Waals surface area contributed by atoms with Crippen LogP contribution in [0.5, 0.6) is 5.75 Å². The first-order valence-electron chi connectivity index (χ1n) is 13.0. The molecule has 0 saturated carbocycles. The monoisotopic (exact) mass is 587 g/mol. The third-order valence-electron chi connectivity index (χ3n) is 8.22. The number of hydrogen-bond acceptors (Lipinski definition) is 6. The zero-order valence-corrected chi connectivity index (χ0v) is 22.8. The van der Waals surface area contributed by atoms with Gasteiger partial charge in [-0.3, -0.25) is 24.1 Å². The van der Waals surface area contributed by atoms with Crippen molar-refractivity contribution < 1.29 is 29.0 Å². The highest BCUT2D eigenvalue weighted by atomic mass is 79.9. The van der Waals surface area contributed by atoms with Crippen LogP contribution in [-0.2, 0) is 19.2 Å². The van der Waals surface area contributed by atoms with Gasteiger partial charge in [-0.05, 0) is 73.7 Å². The number of anilines is 1. The van der Waals surface area contributed by atoms with Crippen molar-refractivity contribution in [2.45, 2.75) is 25.7 Å². The summed E-state index contributed by atoms with van der Waals surface area (Å²) in [5.74, 6) is -2.30. The van der Waals surface area contributed by atoms with Gasteiger partial charge in [-0.2, -0.15) is 0 Å². The summed E-state index contributed by atoms with van der Waals surface area (Å²) < 4.78 is 6.36. The van der Waals surface area contributed by atoms with Crippen LogP contribution in [0.15, 0.2) is 87.4 Å². The molecule has 1 saturated heterocycles. The molecule has 0 aromatic heterocycles. The third-order valence-corrected chi connectivity index (χ3v) is 8.75. The van der Waals surface area contributed by atoms with Crippen molar-refractivity contribution >= 4 is 45.0 Å². The van der Waals surface area contributed by atoms with Gasteiger partial charge in [0.1, 0.15) is 12.4 Å². The predicted octanol–water partition coefficient (Wildman–Crippen LogP) is 4.45. The highest BCUT2D eigenvalue weighted by molar-refractivity contribution is 9.10. The number of carbonyl (C=O) groups is 4. The molecule has 6 rings (SSSR count). The molecular weight excluding hydrogens is 562 g/mol. The van der Waals surface area contributed by atoms with Crippen molar-refractivity contribution in [1.29, 1.82) is 0 Å². The number of hydrogen-bond donors (Lipinski definition) is 1. The molecule has 2 aromatic carbocycles. The van der Waals surface area contributed by atoms with Gasteiger partial charge in [0.15, 0.2) is 11.6 Å². The number of fused-ring (bicyclic) bond motifs is 3. The molecule has 3 aliphatic carbocycles. The van der Waals surface area contributed by atoms with Crippen molar-refractivity contribution in [2.24, 2.45) is 17.8 Å². The van der Waals surface area contributed by atoms with Crippen LogP contribution in [0.1, 0.15) is 31.2 Å². The van der Waals surface area contributed by atoms with Crippen LogP contribution in [0.2, 0.25) is 0 Å². The van der Waals surface area contributed by atoms with Gasteiger partial charge in [0, 0.05) is 27.1 Å². The Kier molecular flexibility index (Phi) is 6.47. The lowest BCUT2D eigenvalue weighted by atomic mass is 9.59. The highest BCUT2D eigenvalue weighted by Gasteiger charge is 2.56. The van der Waals surface area contributed by atoms with E-state index in [-0.39, 0.29) is 48.9 Å². The Labute approximate surface area is 234 Å². The van der Waals surface area contributed by atoms with Gasteiger partial charge in [-0.25, -0.2) is 0 Å². The van der Waals surface area contributed by atoms with E-state index in [9.17, 15) is 19.2 Å². The van der Waals surface area contributed by atoms with E-state index in [4.69, 9.17) is 9.84 Å². The van der Waals surface area contributed by atoms with Gasteiger partial charge < -0.3 is 9.84 Å². The van der Waals surface area contributed by atoms with E-state index in [0.717, 1.165) is 15.6 Å². The molecule has 4 aliphatic rings. The second-order valence-electron chi connectivity index (χ2n) is 10.4. The number of aliphatic hydroxyl groups excluding tert-OH is 1. The summed E-state index contributed by atoms with van der Waals surface area (Å²) in [6.45, 7) is 1.71. The number of rotatable bonds is 5. The summed E-state index contributed by atoms with van der Waals surface area (Å²) in [6.07, 6.45) is 4.03. The average Bonchev–Trinajstić information content (AvgIpc) is 3.20. The lowest BCUT2D eigenvalue weighted by molar-refractivity contribution is -0.123. The molecular formula is C31H26BrNO6. The minimum Gasteiger partial charge on any atom is -0.491 e. The molecule has 4 atom stereocenters. The van der Waals surface area contributed by atoms with Crippen LogP contribution in [0, 0.1) is 17.8 Å². The lowest BCUT2D eigenvalue weighted by Crippen LogP contribution is -2.39. The number of Topliss-reactive ketones (excluding diaryl/α,β-unsaturated/α-hetero) is 1. The van der Waals surface area contributed by atoms with E-state index in [2.05, 4.69) is 15.9 Å². The Morgan fingerprint density at radius 3 is 2.38 bits per heavy atom. The van der Waals surface area contributed by atoms with Gasteiger partial charge >= 0.3 is 0 Å². The van der Waals surface area contributed by atoms with Crippen LogP contribution in [0.3, 0.4) is 0 Å². The molecule has 7 nitrogen and oxygen atoms in total. The number of nitrogens with zero attached hydrogens (tertiary/aromatic N) is 1. The predicted molar refractivity (Wildman–Crippen MR) is 147 cm³/mol. The van der Waals surface area contributed by atoms with E-state index in [1.54, 1.807) is 43.3 Å². The Bertz CT molecular complexity index is 1500. The van der Waals surface area contributed by atoms with Gasteiger partial charge in [-0.1, -0.05) is 39.7 Å². The first-order valence-corrected chi connectivity index (χ1v) is 13.8. The molecule has 2 aromatic rings. The summed E-state index contributed by atoms with van der Waals surface area (Å²) >= 11 is 3.40. The first-order chi connectivity index (χ1) is 18.8. The molecule has 1 fully saturated rings. The molecule has 1 heterocycles. The second kappa shape index (κ2) is 9.84. The first kappa shape index (κ1) is 25.6. The van der Waals surface area contributed by atoms with Crippen molar-refractivity contribution in [3.63, 3.8) is 0 Å². The average molecular weight is 588 g/mol. The number of amides is 2. The van der Waals surface area contributed by atoms with Crippen molar-refractivity contribution in [1.82, 2.24) is 0 Å². The SMILES string of the molecule is CC1=CC(=O)C2=C(C1=O)C(c1ccc(OCCO)cc1)C1=CCC3C(=O)N(c4ccc(Br)cc4)C(=O)C3C1C2. The van der Waals surface area contributed by atoms with Gasteiger partial charge in [0.2, 0.25) is 11.8 Å². The minimum absolute atomic E-state index is 0.107. The van der Waals surface area contributed by atoms with Crippen LogP contribution in [-0.4, -0.2) is 41.7 Å². The van der Waals surface area contributed by atoms with Crippen LogP contribution in [0.25, 0.3) is 0 Å². The van der Waals surface area contributed by atoms with E-state index < -0.39 is 17.8 Å². The Hall–Kier alpha value is -3.62. The van der Waals surface area contributed by atoms with Gasteiger partial charge in [0.05, 0.1) is 24.1 Å². The zero-order valence-electron chi connectivity index (χ0n) is 21.2. The molecule has 0 spiro atoms. The van der Waals surface area contributed by atoms with Gasteiger partial charge in [0.25, 0.3) is 0 Å². The molecule has 8 heteroatoms. The Morgan fingerprint density at radius 1 is 0.974 bits per heavy atom. The van der Waals surface area contributed by atoms with Crippen molar-refractivity contribution in [3.05, 3.63) is 93.0 Å². The van der Waals surface area contributed by atoms with E-state index >= 15 is 0 Å². The number of imide groups is 1. The lowest BCUT2D eigenvalue weighted by Gasteiger charge is -2.42. The van der Waals surface area contributed by atoms with Crippen molar-refractivity contribution in [2.75, 3.05) is 18.1 Å². The maximum Gasteiger partial charge on any atom is 0.238 e. The summed E-state index contributed by atoms with van der Waals surface area (Å²) in [7, 11) is 0. The fourth-order valence-electron chi connectivity index (χ4n) is 6.51. The number of aliphatic hydroxyl groups is 1. The summed E-state index contributed by atoms with van der Waals surface area (Å²) in [4.78, 5) is 55.4. The molecule has 0 bridgehead atoms. The fraction of sp³-hybridized carbons (Fsp3) is 0.290. The maximum atomic E-state index is 13.9. The topological polar surface area (TPSA) is 101 Å². The number of benzene rings is 2. The Balaban J connectivity index is 1.43. The van der Waals surface area contributed by atoms with Crippen LogP contribution < -0.4 is 9.64 Å². The highest BCUT2D eigenvalue weighted by Crippen LogP contribution is 2.55. The Morgan fingerprint density at radius 2 is 1.69 bits per heavy atom. The minimum atomic E-state index is -0.611. The fourth-order valence-corrected chi connectivity index (χ4v) is 6.77. The van der Waals surface area contributed by atoms with E-state index in [1.165, 1.54) is 11.0 Å². The number of ether oxygens (including phenoxy) is 1. The summed E-state index contributed by atoms with van der Waals surface area (Å²) in [5, 5.41) is 9.07. The molecule has 4 unspecified atom stereocenters. The number of allylic oxidation sites excluding steroid dienone is 6. The molecule has 2 amide bonds. The largest absolute Gasteiger partial charge is 0.491 e. The van der Waals surface area contributed by atoms with Crippen LogP contribution in [0.4, 0.5) is 5.69 Å². The quantitative estimate of drug-likeness (QED) is 0.315. The molecule has 1 aliphatic heterocycles. The van der Waals surface area contributed by atoms with E-state index in [1.807, 2.05) is 18.2 Å². The molecule has 0 radical (unpaired) electrons. The number of ketones is 2. The second-order valence-corrected chi connectivity index (χ2v) is 11.3. The molecule has 39 heavy (non-hydrogen) atoms. The molecule has 198 valence electrons. The third kappa shape index (κ3) is 4.13. The maximum absolute atomic E-state index is 13.9. The summed E-state index contributed by atoms with van der Waals surface area (Å²) in [5.41, 5.74) is 3.54. The number of carbonyl (C=O) groups excluding carboxylic acids is 4. The summed E-state index contributed by atoms with van der Waals surface area (Å²) in [6, 6.07) is 14.3. The van der Waals surface area contributed by atoms with E-state index in [0.29, 0.717) is 34.6 Å². The standard InChI is InChI=1S/C31H26BrNO6/c1-16-14-25(35)24-15-23-21(26(28(24)29(16)36)17-2-8-20(9-3-17)39-13-12-34)10-11-22-27(23)31(38)33(30(22)37)19-6-4-18(32)5-7-19/h2-10,14,22-23,26-27,34H,11-13,15H2,1H3. The van der Waals surface area contributed by atoms with Gasteiger partial charge in [-0.15, -0.1) is 0 Å². The zero-order chi connectivity index (χ0) is 27.4. The van der Waals surface area contributed by atoms with Crippen LogP contribution >= 0.6 is 15.9 Å². The smallest absolute Gasteiger partial charge is 0.238 e. The van der Waals surface area contributed by atoms with Crippen molar-refractivity contribution in [3.8, 4) is 5.75 Å². The normalized spacial score (nSPS) is 26.2. The molecule has 1 N–H and O–H groups in total.